The highest BCUT2D eigenvalue weighted by atomic mass is 32.1. The van der Waals surface area contributed by atoms with Gasteiger partial charge in [-0.2, -0.15) is 5.26 Å². The zero-order valence-electron chi connectivity index (χ0n) is 18.8. The van der Waals surface area contributed by atoms with Crippen molar-refractivity contribution in [2.75, 3.05) is 25.6 Å². The fourth-order valence-corrected chi connectivity index (χ4v) is 3.47. The number of carbonyl (C=O) groups is 1. The third-order valence-corrected chi connectivity index (χ3v) is 5.52. The lowest BCUT2D eigenvalue weighted by atomic mass is 10.1. The van der Waals surface area contributed by atoms with Crippen molar-refractivity contribution in [2.24, 2.45) is 0 Å². The average molecular weight is 464 g/mol. The summed E-state index contributed by atoms with van der Waals surface area (Å²) in [4.78, 5) is 16.5. The minimum absolute atomic E-state index is 0.0682. The first-order chi connectivity index (χ1) is 16.0. The summed E-state index contributed by atoms with van der Waals surface area (Å²) in [6.07, 6.45) is 3.70. The van der Waals surface area contributed by atoms with Crippen LogP contribution in [0, 0.1) is 25.2 Å². The molecule has 0 aliphatic rings. The van der Waals surface area contributed by atoms with Gasteiger partial charge in [0.25, 0.3) is 5.91 Å². The van der Waals surface area contributed by atoms with Crippen LogP contribution in [0.4, 0.5) is 5.13 Å². The van der Waals surface area contributed by atoms with Crippen LogP contribution in [0.2, 0.25) is 0 Å². The van der Waals surface area contributed by atoms with Gasteiger partial charge in [-0.3, -0.25) is 10.1 Å². The SMILES string of the molecule is COc1cccc(C=C(C#N)C(=O)Nc2nccs2)c1OCCCOc1ccc(C)c(C)c1. The van der Waals surface area contributed by atoms with E-state index in [-0.39, 0.29) is 5.57 Å². The van der Waals surface area contributed by atoms with Crippen LogP contribution in [0.1, 0.15) is 23.1 Å². The van der Waals surface area contributed by atoms with E-state index in [0.717, 1.165) is 5.75 Å². The Balaban J connectivity index is 1.66. The number of methoxy groups -OCH3 is 1. The first-order valence-corrected chi connectivity index (χ1v) is 11.2. The minimum Gasteiger partial charge on any atom is -0.493 e. The number of nitrogens with one attached hydrogen (secondary N) is 1. The Labute approximate surface area is 197 Å². The molecule has 0 saturated heterocycles. The lowest BCUT2D eigenvalue weighted by Gasteiger charge is -2.14. The molecule has 1 heterocycles. The number of ether oxygens (including phenoxy) is 3. The zero-order chi connectivity index (χ0) is 23.6. The molecule has 0 aliphatic heterocycles. The predicted octanol–water partition coefficient (Wildman–Crippen LogP) is 5.16. The molecule has 0 saturated carbocycles. The summed E-state index contributed by atoms with van der Waals surface area (Å²) >= 11 is 1.27. The van der Waals surface area contributed by atoms with Crippen LogP contribution in [-0.2, 0) is 4.79 Å². The second kappa shape index (κ2) is 11.7. The molecule has 0 fully saturated rings. The molecule has 170 valence electrons. The number of nitriles is 1. The molecule has 1 aromatic heterocycles. The summed E-state index contributed by atoms with van der Waals surface area (Å²) in [5.74, 6) is 1.25. The third kappa shape index (κ3) is 6.57. The topological polar surface area (TPSA) is 93.5 Å². The lowest BCUT2D eigenvalue weighted by Crippen LogP contribution is -2.13. The largest absolute Gasteiger partial charge is 0.493 e. The van der Waals surface area contributed by atoms with Crippen LogP contribution in [0.25, 0.3) is 6.08 Å². The van der Waals surface area contributed by atoms with Crippen LogP contribution < -0.4 is 19.5 Å². The lowest BCUT2D eigenvalue weighted by molar-refractivity contribution is -0.112. The number of nitrogens with zero attached hydrogens (tertiary/aromatic N) is 2. The van der Waals surface area contributed by atoms with E-state index in [0.29, 0.717) is 41.8 Å². The molecule has 0 spiro atoms. The molecule has 0 bridgehead atoms. The number of hydrogen-bond acceptors (Lipinski definition) is 7. The van der Waals surface area contributed by atoms with E-state index in [4.69, 9.17) is 14.2 Å². The monoisotopic (exact) mass is 463 g/mol. The van der Waals surface area contributed by atoms with Crippen molar-refractivity contribution in [3.05, 3.63) is 70.2 Å². The van der Waals surface area contributed by atoms with Crippen LogP contribution in [0.15, 0.2) is 53.5 Å². The van der Waals surface area contributed by atoms with Gasteiger partial charge in [-0.15, -0.1) is 11.3 Å². The van der Waals surface area contributed by atoms with E-state index >= 15 is 0 Å². The van der Waals surface area contributed by atoms with Gasteiger partial charge in [-0.1, -0.05) is 18.2 Å². The quantitative estimate of drug-likeness (QED) is 0.254. The molecule has 3 rings (SSSR count). The van der Waals surface area contributed by atoms with Gasteiger partial charge < -0.3 is 14.2 Å². The number of hydrogen-bond donors (Lipinski definition) is 1. The van der Waals surface area contributed by atoms with Crippen molar-refractivity contribution in [1.82, 2.24) is 4.98 Å². The number of amides is 1. The van der Waals surface area contributed by atoms with Gasteiger partial charge >= 0.3 is 0 Å². The number of aromatic nitrogens is 1. The highest BCUT2D eigenvalue weighted by Crippen LogP contribution is 2.33. The summed E-state index contributed by atoms with van der Waals surface area (Å²) in [5.41, 5.74) is 2.90. The molecule has 0 aliphatic carbocycles. The van der Waals surface area contributed by atoms with Gasteiger partial charge in [0.15, 0.2) is 16.6 Å². The Bertz CT molecular complexity index is 1170. The van der Waals surface area contributed by atoms with Crippen molar-refractivity contribution in [1.29, 1.82) is 5.26 Å². The van der Waals surface area contributed by atoms with E-state index in [1.54, 1.807) is 36.9 Å². The van der Waals surface area contributed by atoms with E-state index in [1.165, 1.54) is 28.5 Å². The Morgan fingerprint density at radius 1 is 1.18 bits per heavy atom. The van der Waals surface area contributed by atoms with Crippen LogP contribution in [-0.4, -0.2) is 31.2 Å². The Hall–Kier alpha value is -3.83. The van der Waals surface area contributed by atoms with Gasteiger partial charge in [-0.25, -0.2) is 4.98 Å². The molecular weight excluding hydrogens is 438 g/mol. The molecular formula is C25H25N3O4S. The second-order valence-electron chi connectivity index (χ2n) is 7.14. The summed E-state index contributed by atoms with van der Waals surface area (Å²) < 4.78 is 17.2. The zero-order valence-corrected chi connectivity index (χ0v) is 19.6. The van der Waals surface area contributed by atoms with Gasteiger partial charge in [0.05, 0.1) is 20.3 Å². The number of benzene rings is 2. The Kier molecular flexibility index (Phi) is 8.44. The molecule has 0 radical (unpaired) electrons. The summed E-state index contributed by atoms with van der Waals surface area (Å²) in [7, 11) is 1.54. The summed E-state index contributed by atoms with van der Waals surface area (Å²) in [6, 6.07) is 13.2. The molecule has 7 nitrogen and oxygen atoms in total. The van der Waals surface area contributed by atoms with E-state index in [2.05, 4.69) is 24.1 Å². The molecule has 1 amide bonds. The maximum absolute atomic E-state index is 12.5. The van der Waals surface area contributed by atoms with Gasteiger partial charge in [0.1, 0.15) is 17.4 Å². The standard InChI is InChI=1S/C25H25N3O4S/c1-17-8-9-21(14-18(17)2)31-11-5-12-32-23-19(6-4-7-22(23)30-3)15-20(16-26)24(29)28-25-27-10-13-33-25/h4,6-10,13-15H,5,11-12H2,1-3H3,(H,27,28,29). The average Bonchev–Trinajstić information content (AvgIpc) is 3.32. The van der Waals surface area contributed by atoms with Crippen molar-refractivity contribution < 1.29 is 19.0 Å². The first kappa shape index (κ1) is 23.8. The van der Waals surface area contributed by atoms with Crippen molar-refractivity contribution in [2.45, 2.75) is 20.3 Å². The number of aryl methyl sites for hydroxylation is 2. The van der Waals surface area contributed by atoms with Gasteiger partial charge in [-0.05, 0) is 49.2 Å². The number of anilines is 1. The fourth-order valence-electron chi connectivity index (χ4n) is 2.94. The van der Waals surface area contributed by atoms with Gasteiger partial charge in [0.2, 0.25) is 0 Å². The molecule has 2 aromatic carbocycles. The van der Waals surface area contributed by atoms with E-state index < -0.39 is 5.91 Å². The van der Waals surface area contributed by atoms with E-state index in [1.807, 2.05) is 24.3 Å². The fraction of sp³-hybridized carbons (Fsp3) is 0.240. The molecule has 1 N–H and O–H groups in total. The van der Waals surface area contributed by atoms with Crippen molar-refractivity contribution in [3.8, 4) is 23.3 Å². The molecule has 0 unspecified atom stereocenters. The molecule has 33 heavy (non-hydrogen) atoms. The van der Waals surface area contributed by atoms with Crippen LogP contribution in [0.5, 0.6) is 17.2 Å². The summed E-state index contributed by atoms with van der Waals surface area (Å²) in [5, 5.41) is 14.3. The second-order valence-corrected chi connectivity index (χ2v) is 8.03. The first-order valence-electron chi connectivity index (χ1n) is 10.3. The Morgan fingerprint density at radius 3 is 2.70 bits per heavy atom. The van der Waals surface area contributed by atoms with Crippen LogP contribution in [0.3, 0.4) is 0 Å². The van der Waals surface area contributed by atoms with Crippen molar-refractivity contribution >= 4 is 28.5 Å². The Morgan fingerprint density at radius 2 is 2.00 bits per heavy atom. The van der Waals surface area contributed by atoms with Crippen molar-refractivity contribution in [3.63, 3.8) is 0 Å². The normalized spacial score (nSPS) is 10.9. The summed E-state index contributed by atoms with van der Waals surface area (Å²) in [6.45, 7) is 4.98. The minimum atomic E-state index is -0.539. The maximum Gasteiger partial charge on any atom is 0.268 e. The molecule has 0 atom stereocenters. The molecule has 8 heteroatoms. The number of carbonyl (C=O) groups excluding carboxylic acids is 1. The van der Waals surface area contributed by atoms with Gasteiger partial charge in [0, 0.05) is 23.6 Å². The number of rotatable bonds is 10. The number of para-hydroxylation sites is 1. The van der Waals surface area contributed by atoms with Crippen LogP contribution >= 0.6 is 11.3 Å². The van der Waals surface area contributed by atoms with E-state index in [9.17, 15) is 10.1 Å². The smallest absolute Gasteiger partial charge is 0.268 e. The maximum atomic E-state index is 12.5. The number of thiazole rings is 1. The molecule has 3 aromatic rings. The predicted molar refractivity (Wildman–Crippen MR) is 129 cm³/mol. The highest BCUT2D eigenvalue weighted by molar-refractivity contribution is 7.13. The highest BCUT2D eigenvalue weighted by Gasteiger charge is 2.15. The third-order valence-electron chi connectivity index (χ3n) is 4.83.